The molecule has 1 N–H and O–H groups in total. The van der Waals surface area contributed by atoms with Crippen LogP contribution in [-0.4, -0.2) is 34.2 Å². The molecule has 1 aromatic carbocycles. The smallest absolute Gasteiger partial charge is 0.212 e. The minimum Gasteiger partial charge on any atom is -0.439 e. The van der Waals surface area contributed by atoms with E-state index in [9.17, 15) is 5.11 Å². The van der Waals surface area contributed by atoms with Crippen molar-refractivity contribution in [2.24, 2.45) is 5.92 Å². The van der Waals surface area contributed by atoms with Crippen LogP contribution in [0.1, 0.15) is 37.9 Å². The molecule has 23 heavy (non-hydrogen) atoms. The van der Waals surface area contributed by atoms with Crippen LogP contribution in [0.4, 0.5) is 0 Å². The lowest BCUT2D eigenvalue weighted by Gasteiger charge is -2.22. The summed E-state index contributed by atoms with van der Waals surface area (Å²) in [4.78, 5) is 6.95. The second kappa shape index (κ2) is 6.63. The lowest BCUT2D eigenvalue weighted by Crippen LogP contribution is -2.27. The van der Waals surface area contributed by atoms with Gasteiger partial charge in [0, 0.05) is 17.1 Å². The molecule has 4 nitrogen and oxygen atoms in total. The van der Waals surface area contributed by atoms with Gasteiger partial charge in [0.05, 0.1) is 17.8 Å². The number of oxazole rings is 1. The minimum atomic E-state index is -0.261. The lowest BCUT2D eigenvalue weighted by atomic mass is 10.0. The number of aryl methyl sites for hydroxylation is 1. The Hall–Kier alpha value is -1.36. The molecule has 3 rings (SSSR count). The van der Waals surface area contributed by atoms with Crippen LogP contribution in [0.25, 0.3) is 11.3 Å². The van der Waals surface area contributed by atoms with E-state index in [0.717, 1.165) is 42.4 Å². The first-order valence-electron chi connectivity index (χ1n) is 8.11. The molecule has 1 aliphatic heterocycles. The van der Waals surface area contributed by atoms with Gasteiger partial charge >= 0.3 is 0 Å². The van der Waals surface area contributed by atoms with Gasteiger partial charge < -0.3 is 9.52 Å². The monoisotopic (exact) mass is 334 g/mol. The Labute approximate surface area is 142 Å². The van der Waals surface area contributed by atoms with Crippen molar-refractivity contribution in [1.82, 2.24) is 9.88 Å². The van der Waals surface area contributed by atoms with Crippen LogP contribution in [0, 0.1) is 12.8 Å². The molecular formula is C18H23ClN2O2. The highest BCUT2D eigenvalue weighted by molar-refractivity contribution is 6.30. The van der Waals surface area contributed by atoms with Gasteiger partial charge in [-0.3, -0.25) is 4.90 Å². The predicted molar refractivity (Wildman–Crippen MR) is 91.5 cm³/mol. The van der Waals surface area contributed by atoms with Gasteiger partial charge in [0.2, 0.25) is 5.89 Å². The van der Waals surface area contributed by atoms with Crippen molar-refractivity contribution >= 4 is 11.6 Å². The maximum absolute atomic E-state index is 9.77. The lowest BCUT2D eigenvalue weighted by molar-refractivity contribution is 0.120. The Morgan fingerprint density at radius 3 is 2.61 bits per heavy atom. The number of hydrogen-bond donors (Lipinski definition) is 1. The topological polar surface area (TPSA) is 49.5 Å². The fourth-order valence-corrected chi connectivity index (χ4v) is 3.31. The van der Waals surface area contributed by atoms with E-state index in [2.05, 4.69) is 16.8 Å². The van der Waals surface area contributed by atoms with E-state index < -0.39 is 0 Å². The maximum atomic E-state index is 9.77. The molecule has 1 aromatic heterocycles. The van der Waals surface area contributed by atoms with Crippen LogP contribution in [0.2, 0.25) is 5.02 Å². The third kappa shape index (κ3) is 3.44. The van der Waals surface area contributed by atoms with Gasteiger partial charge in [-0.2, -0.15) is 0 Å². The number of aliphatic hydroxyl groups is 1. The van der Waals surface area contributed by atoms with Crippen molar-refractivity contribution in [2.75, 3.05) is 13.1 Å². The van der Waals surface area contributed by atoms with Gasteiger partial charge in [0.25, 0.3) is 0 Å². The average molecular weight is 335 g/mol. The van der Waals surface area contributed by atoms with Gasteiger partial charge in [0.15, 0.2) is 5.76 Å². The summed E-state index contributed by atoms with van der Waals surface area (Å²) in [6.45, 7) is 7.80. The summed E-state index contributed by atoms with van der Waals surface area (Å²) in [6.07, 6.45) is 0.759. The number of aliphatic hydroxyl groups excluding tert-OH is 1. The van der Waals surface area contributed by atoms with Gasteiger partial charge in [-0.1, -0.05) is 11.6 Å². The molecule has 0 saturated carbocycles. The Morgan fingerprint density at radius 2 is 2.00 bits per heavy atom. The van der Waals surface area contributed by atoms with Crippen LogP contribution < -0.4 is 0 Å². The SMILES string of the molecule is Cc1nc(C(C)N2CCC(C(C)O)C2)oc1-c1ccc(Cl)cc1. The molecule has 124 valence electrons. The van der Waals surface area contributed by atoms with E-state index in [0.29, 0.717) is 10.9 Å². The standard InChI is InChI=1S/C18H23ClN2O2/c1-11-17(14-4-6-16(19)7-5-14)23-18(20-11)12(2)21-9-8-15(10-21)13(3)22/h4-7,12-13,15,22H,8-10H2,1-3H3. The molecule has 0 bridgehead atoms. The third-order valence-corrected chi connectivity index (χ3v) is 5.01. The Morgan fingerprint density at radius 1 is 1.30 bits per heavy atom. The zero-order valence-corrected chi connectivity index (χ0v) is 14.5. The third-order valence-electron chi connectivity index (χ3n) is 4.76. The van der Waals surface area contributed by atoms with E-state index in [1.807, 2.05) is 38.1 Å². The van der Waals surface area contributed by atoms with Crippen LogP contribution in [0.3, 0.4) is 0 Å². The maximum Gasteiger partial charge on any atom is 0.212 e. The van der Waals surface area contributed by atoms with Crippen LogP contribution in [-0.2, 0) is 0 Å². The van der Waals surface area contributed by atoms with Gasteiger partial charge in [0.1, 0.15) is 0 Å². The zero-order valence-electron chi connectivity index (χ0n) is 13.8. The molecule has 0 aliphatic carbocycles. The molecule has 0 amide bonds. The fraction of sp³-hybridized carbons (Fsp3) is 0.500. The Balaban J connectivity index is 1.79. The number of benzene rings is 1. The Kier molecular flexibility index (Phi) is 4.76. The highest BCUT2D eigenvalue weighted by atomic mass is 35.5. The second-order valence-corrected chi connectivity index (χ2v) is 6.87. The van der Waals surface area contributed by atoms with E-state index in [4.69, 9.17) is 16.0 Å². The number of aromatic nitrogens is 1. The van der Waals surface area contributed by atoms with Crippen molar-refractivity contribution in [2.45, 2.75) is 39.3 Å². The van der Waals surface area contributed by atoms with Crippen molar-refractivity contribution in [3.8, 4) is 11.3 Å². The van der Waals surface area contributed by atoms with Crippen LogP contribution in [0.5, 0.6) is 0 Å². The van der Waals surface area contributed by atoms with Gasteiger partial charge in [-0.05, 0) is 63.9 Å². The first-order chi connectivity index (χ1) is 11.0. The predicted octanol–water partition coefficient (Wildman–Crippen LogP) is 4.07. The molecular weight excluding hydrogens is 312 g/mol. The average Bonchev–Trinajstić information content (AvgIpc) is 3.14. The summed E-state index contributed by atoms with van der Waals surface area (Å²) >= 11 is 5.95. The van der Waals surface area contributed by atoms with Crippen molar-refractivity contribution in [3.05, 3.63) is 40.9 Å². The summed E-state index contributed by atoms with van der Waals surface area (Å²) in [5.74, 6) is 1.87. The zero-order chi connectivity index (χ0) is 16.6. The number of nitrogens with zero attached hydrogens (tertiary/aromatic N) is 2. The summed E-state index contributed by atoms with van der Waals surface area (Å²) in [5, 5.41) is 10.5. The molecule has 1 fully saturated rings. The molecule has 1 aliphatic rings. The van der Waals surface area contributed by atoms with Crippen LogP contribution >= 0.6 is 11.6 Å². The van der Waals surface area contributed by atoms with Crippen molar-refractivity contribution in [3.63, 3.8) is 0 Å². The second-order valence-electron chi connectivity index (χ2n) is 6.43. The summed E-state index contributed by atoms with van der Waals surface area (Å²) in [7, 11) is 0. The molecule has 0 radical (unpaired) electrons. The summed E-state index contributed by atoms with van der Waals surface area (Å²) in [6, 6.07) is 7.72. The van der Waals surface area contributed by atoms with Gasteiger partial charge in [-0.25, -0.2) is 4.98 Å². The van der Waals surface area contributed by atoms with Crippen LogP contribution in [0.15, 0.2) is 28.7 Å². The number of rotatable bonds is 4. The first kappa shape index (κ1) is 16.5. The number of halogens is 1. The largest absolute Gasteiger partial charge is 0.439 e. The fourth-order valence-electron chi connectivity index (χ4n) is 3.18. The molecule has 2 aromatic rings. The highest BCUT2D eigenvalue weighted by Gasteiger charge is 2.31. The number of likely N-dealkylation sites (tertiary alicyclic amines) is 1. The van der Waals surface area contributed by atoms with Crippen molar-refractivity contribution < 1.29 is 9.52 Å². The molecule has 0 spiro atoms. The van der Waals surface area contributed by atoms with E-state index in [1.165, 1.54) is 0 Å². The summed E-state index contributed by atoms with van der Waals surface area (Å²) < 4.78 is 6.05. The van der Waals surface area contributed by atoms with E-state index in [-0.39, 0.29) is 12.1 Å². The molecule has 2 heterocycles. The number of hydrogen-bond acceptors (Lipinski definition) is 4. The quantitative estimate of drug-likeness (QED) is 0.915. The molecule has 3 atom stereocenters. The molecule has 1 saturated heterocycles. The van der Waals surface area contributed by atoms with Crippen molar-refractivity contribution in [1.29, 1.82) is 0 Å². The normalized spacial score (nSPS) is 21.5. The highest BCUT2D eigenvalue weighted by Crippen LogP contribution is 2.32. The first-order valence-corrected chi connectivity index (χ1v) is 8.49. The summed E-state index contributed by atoms with van der Waals surface area (Å²) in [5.41, 5.74) is 1.88. The van der Waals surface area contributed by atoms with E-state index in [1.54, 1.807) is 0 Å². The molecule has 5 heteroatoms. The molecule has 3 unspecified atom stereocenters. The Bertz CT molecular complexity index is 666. The van der Waals surface area contributed by atoms with Gasteiger partial charge in [-0.15, -0.1) is 0 Å². The van der Waals surface area contributed by atoms with E-state index >= 15 is 0 Å². The minimum absolute atomic E-state index is 0.110.